The fourth-order valence-corrected chi connectivity index (χ4v) is 1.38. The minimum absolute atomic E-state index is 0.293. The molecule has 1 rings (SSSR count). The zero-order chi connectivity index (χ0) is 10.8. The maximum atomic E-state index is 10.9. The van der Waals surface area contributed by atoms with Gasteiger partial charge in [0.15, 0.2) is 6.10 Å². The van der Waals surface area contributed by atoms with Gasteiger partial charge in [-0.25, -0.2) is 4.79 Å². The highest BCUT2D eigenvalue weighted by atomic mass is 16.6. The van der Waals surface area contributed by atoms with Gasteiger partial charge in [0.2, 0.25) is 0 Å². The largest absolute Gasteiger partial charge is 0.459 e. The third-order valence-electron chi connectivity index (χ3n) is 2.39. The molecule has 0 bridgehead atoms. The molecule has 1 aliphatic heterocycles. The molecule has 4 nitrogen and oxygen atoms in total. The van der Waals surface area contributed by atoms with E-state index < -0.39 is 17.5 Å². The van der Waals surface area contributed by atoms with Crippen molar-refractivity contribution in [2.24, 2.45) is 5.41 Å². The molecule has 14 heavy (non-hydrogen) atoms. The molecular formula is C10H13NO3. The SMILES string of the molecule is CC(C)(/C=C/C#N)[C@H]1C[C@H](O)C(=O)O1. The number of nitriles is 1. The summed E-state index contributed by atoms with van der Waals surface area (Å²) >= 11 is 0. The molecule has 2 atom stereocenters. The number of esters is 1. The van der Waals surface area contributed by atoms with Crippen LogP contribution in [0.2, 0.25) is 0 Å². The van der Waals surface area contributed by atoms with Crippen LogP contribution in [0.15, 0.2) is 12.2 Å². The summed E-state index contributed by atoms with van der Waals surface area (Å²) in [4.78, 5) is 10.9. The van der Waals surface area contributed by atoms with E-state index in [1.807, 2.05) is 19.9 Å². The number of aliphatic hydroxyl groups excluding tert-OH is 1. The van der Waals surface area contributed by atoms with Crippen LogP contribution in [0.3, 0.4) is 0 Å². The van der Waals surface area contributed by atoms with Crippen LogP contribution in [0.25, 0.3) is 0 Å². The van der Waals surface area contributed by atoms with Crippen molar-refractivity contribution in [2.45, 2.75) is 32.5 Å². The van der Waals surface area contributed by atoms with Crippen LogP contribution in [-0.4, -0.2) is 23.3 Å². The highest BCUT2D eigenvalue weighted by Gasteiger charge is 2.40. The molecule has 0 aromatic rings. The number of rotatable bonds is 2. The Labute approximate surface area is 82.8 Å². The molecule has 0 aliphatic carbocycles. The number of hydrogen-bond donors (Lipinski definition) is 1. The molecule has 0 saturated carbocycles. The van der Waals surface area contributed by atoms with E-state index in [4.69, 9.17) is 10.00 Å². The zero-order valence-electron chi connectivity index (χ0n) is 8.23. The predicted octanol–water partition coefficient (Wildman–Crippen LogP) is 0.769. The Morgan fingerprint density at radius 1 is 1.71 bits per heavy atom. The van der Waals surface area contributed by atoms with Crippen molar-refractivity contribution in [3.63, 3.8) is 0 Å². The van der Waals surface area contributed by atoms with Gasteiger partial charge in [0.25, 0.3) is 0 Å². The molecule has 76 valence electrons. The predicted molar refractivity (Wildman–Crippen MR) is 49.0 cm³/mol. The molecule has 0 aromatic carbocycles. The van der Waals surface area contributed by atoms with Gasteiger partial charge >= 0.3 is 5.97 Å². The highest BCUT2D eigenvalue weighted by Crippen LogP contribution is 2.32. The lowest BCUT2D eigenvalue weighted by atomic mass is 9.84. The molecule has 1 fully saturated rings. The molecule has 0 spiro atoms. The fourth-order valence-electron chi connectivity index (χ4n) is 1.38. The van der Waals surface area contributed by atoms with Crippen LogP contribution >= 0.6 is 0 Å². The number of nitrogens with zero attached hydrogens (tertiary/aromatic N) is 1. The Balaban J connectivity index is 2.71. The Morgan fingerprint density at radius 3 is 2.79 bits per heavy atom. The summed E-state index contributed by atoms with van der Waals surface area (Å²) in [5.74, 6) is -0.576. The molecular weight excluding hydrogens is 182 g/mol. The average Bonchev–Trinajstić information content (AvgIpc) is 2.45. The third-order valence-corrected chi connectivity index (χ3v) is 2.39. The molecule has 1 aliphatic rings. The lowest BCUT2D eigenvalue weighted by molar-refractivity contribution is -0.149. The first kappa shape index (κ1) is 10.7. The summed E-state index contributed by atoms with van der Waals surface area (Å²) in [6.07, 6.45) is 1.97. The quantitative estimate of drug-likeness (QED) is 0.522. The summed E-state index contributed by atoms with van der Waals surface area (Å²) in [5, 5.41) is 17.6. The van der Waals surface area contributed by atoms with Gasteiger partial charge in [0, 0.05) is 17.9 Å². The summed E-state index contributed by atoms with van der Waals surface area (Å²) < 4.78 is 4.99. The molecule has 1 N–H and O–H groups in total. The van der Waals surface area contributed by atoms with Crippen LogP contribution in [0.4, 0.5) is 0 Å². The van der Waals surface area contributed by atoms with Gasteiger partial charge in [-0.3, -0.25) is 0 Å². The van der Waals surface area contributed by atoms with Gasteiger partial charge in [0.1, 0.15) is 6.10 Å². The lowest BCUT2D eigenvalue weighted by Crippen LogP contribution is -2.27. The molecule has 0 unspecified atom stereocenters. The minimum Gasteiger partial charge on any atom is -0.459 e. The van der Waals surface area contributed by atoms with E-state index in [9.17, 15) is 9.90 Å². The molecule has 0 amide bonds. The average molecular weight is 195 g/mol. The van der Waals surface area contributed by atoms with Crippen LogP contribution in [0.5, 0.6) is 0 Å². The van der Waals surface area contributed by atoms with Crippen LogP contribution < -0.4 is 0 Å². The topological polar surface area (TPSA) is 70.3 Å². The minimum atomic E-state index is -1.02. The lowest BCUT2D eigenvalue weighted by Gasteiger charge is -2.25. The normalized spacial score (nSPS) is 27.7. The maximum Gasteiger partial charge on any atom is 0.335 e. The van der Waals surface area contributed by atoms with Crippen molar-refractivity contribution in [3.8, 4) is 6.07 Å². The summed E-state index contributed by atoms with van der Waals surface area (Å²) in [7, 11) is 0. The van der Waals surface area contributed by atoms with Crippen LogP contribution in [0.1, 0.15) is 20.3 Å². The van der Waals surface area contributed by atoms with E-state index >= 15 is 0 Å². The maximum absolute atomic E-state index is 10.9. The van der Waals surface area contributed by atoms with E-state index in [-0.39, 0.29) is 6.10 Å². The standard InChI is InChI=1S/C10H13NO3/c1-10(2,4-3-5-11)8-6-7(12)9(13)14-8/h3-4,7-8,12H,6H2,1-2H3/b4-3+/t7-,8+/m0/s1. The monoisotopic (exact) mass is 195 g/mol. The second kappa shape index (κ2) is 3.81. The van der Waals surface area contributed by atoms with Gasteiger partial charge in [-0.05, 0) is 0 Å². The van der Waals surface area contributed by atoms with Crippen molar-refractivity contribution in [1.29, 1.82) is 5.26 Å². The van der Waals surface area contributed by atoms with Gasteiger partial charge in [-0.15, -0.1) is 0 Å². The van der Waals surface area contributed by atoms with Gasteiger partial charge in [-0.2, -0.15) is 5.26 Å². The van der Waals surface area contributed by atoms with E-state index in [0.29, 0.717) is 6.42 Å². The van der Waals surface area contributed by atoms with Crippen molar-refractivity contribution in [1.82, 2.24) is 0 Å². The van der Waals surface area contributed by atoms with Gasteiger partial charge in [0.05, 0.1) is 6.07 Å². The first-order chi connectivity index (χ1) is 6.47. The Kier molecular flexibility index (Phi) is 2.92. The molecule has 0 aromatic heterocycles. The summed E-state index contributed by atoms with van der Waals surface area (Å²) in [5.41, 5.74) is -0.414. The number of carbonyl (C=O) groups excluding carboxylic acids is 1. The van der Waals surface area contributed by atoms with Gasteiger partial charge in [-0.1, -0.05) is 19.9 Å². The van der Waals surface area contributed by atoms with Crippen molar-refractivity contribution < 1.29 is 14.6 Å². The number of hydrogen-bond acceptors (Lipinski definition) is 4. The first-order valence-electron chi connectivity index (χ1n) is 4.43. The molecule has 0 radical (unpaired) electrons. The first-order valence-corrected chi connectivity index (χ1v) is 4.43. The van der Waals surface area contributed by atoms with Gasteiger partial charge < -0.3 is 9.84 Å². The van der Waals surface area contributed by atoms with Crippen molar-refractivity contribution in [2.75, 3.05) is 0 Å². The zero-order valence-corrected chi connectivity index (χ0v) is 8.23. The van der Waals surface area contributed by atoms with E-state index in [0.717, 1.165) is 0 Å². The summed E-state index contributed by atoms with van der Waals surface area (Å²) in [6, 6.07) is 1.89. The Bertz CT molecular complexity index is 301. The number of allylic oxidation sites excluding steroid dienone is 1. The number of aliphatic hydroxyl groups is 1. The molecule has 1 saturated heterocycles. The van der Waals surface area contributed by atoms with E-state index in [1.54, 1.807) is 6.08 Å². The highest BCUT2D eigenvalue weighted by molar-refractivity contribution is 5.76. The van der Waals surface area contributed by atoms with Crippen molar-refractivity contribution in [3.05, 3.63) is 12.2 Å². The number of carbonyl (C=O) groups is 1. The van der Waals surface area contributed by atoms with Crippen LogP contribution in [0, 0.1) is 16.7 Å². The van der Waals surface area contributed by atoms with E-state index in [2.05, 4.69) is 0 Å². The fraction of sp³-hybridized carbons (Fsp3) is 0.600. The van der Waals surface area contributed by atoms with Crippen molar-refractivity contribution >= 4 is 5.97 Å². The smallest absolute Gasteiger partial charge is 0.335 e. The molecule has 1 heterocycles. The Morgan fingerprint density at radius 2 is 2.36 bits per heavy atom. The second-order valence-corrected chi connectivity index (χ2v) is 3.96. The number of ether oxygens (including phenoxy) is 1. The second-order valence-electron chi connectivity index (χ2n) is 3.96. The summed E-state index contributed by atoms with van der Waals surface area (Å²) in [6.45, 7) is 3.72. The Hall–Kier alpha value is -1.34. The van der Waals surface area contributed by atoms with Crippen LogP contribution in [-0.2, 0) is 9.53 Å². The van der Waals surface area contributed by atoms with E-state index in [1.165, 1.54) is 6.08 Å². The third kappa shape index (κ3) is 2.12. The number of cyclic esters (lactones) is 1. The molecule has 4 heteroatoms.